The van der Waals surface area contributed by atoms with Crippen LogP contribution in [0.15, 0.2) is 60.7 Å². The van der Waals surface area contributed by atoms with Gasteiger partial charge in [-0.15, -0.1) is 11.8 Å². The zero-order chi connectivity index (χ0) is 20.9. The summed E-state index contributed by atoms with van der Waals surface area (Å²) in [6.45, 7) is 9.43. The van der Waals surface area contributed by atoms with Gasteiger partial charge in [-0.2, -0.15) is 0 Å². The fourth-order valence-electron chi connectivity index (χ4n) is 4.44. The summed E-state index contributed by atoms with van der Waals surface area (Å²) in [5, 5.41) is 1.15. The van der Waals surface area contributed by atoms with Gasteiger partial charge in [-0.1, -0.05) is 127 Å². The first-order valence-electron chi connectivity index (χ1n) is 12.0. The van der Waals surface area contributed by atoms with Crippen molar-refractivity contribution in [2.24, 2.45) is 11.8 Å². The van der Waals surface area contributed by atoms with Crippen LogP contribution in [0.5, 0.6) is 0 Å². The highest BCUT2D eigenvalue weighted by molar-refractivity contribution is 7.99. The third kappa shape index (κ3) is 7.52. The molecule has 0 aliphatic heterocycles. The quantitative estimate of drug-likeness (QED) is 0.298. The van der Waals surface area contributed by atoms with Gasteiger partial charge in [0.05, 0.1) is 0 Å². The van der Waals surface area contributed by atoms with E-state index in [1.807, 2.05) is 0 Å². The molecule has 4 unspecified atom stereocenters. The highest BCUT2D eigenvalue weighted by Gasteiger charge is 2.30. The Morgan fingerprint density at radius 2 is 0.966 bits per heavy atom. The predicted octanol–water partition coefficient (Wildman–Crippen LogP) is 9.63. The minimum absolute atomic E-state index is 0.577. The standard InChI is InChI=1S/C28H42S/c1-5-9-17-23(7-3)27(25-19-13-11-14-20-25)29-28(24(8-4)18-10-6-2)26-21-15-12-16-22-26/h11-16,19-24,27-28H,5-10,17-18H2,1-4H3. The maximum atomic E-state index is 2.39. The average molecular weight is 411 g/mol. The Kier molecular flexibility index (Phi) is 11.5. The number of benzene rings is 2. The van der Waals surface area contributed by atoms with Crippen LogP contribution in [0.4, 0.5) is 0 Å². The molecule has 160 valence electrons. The summed E-state index contributed by atoms with van der Waals surface area (Å²) in [7, 11) is 0. The van der Waals surface area contributed by atoms with Crippen LogP contribution >= 0.6 is 11.8 Å². The molecule has 2 aromatic rings. The van der Waals surface area contributed by atoms with Crippen LogP contribution < -0.4 is 0 Å². The first-order chi connectivity index (χ1) is 14.2. The molecule has 0 N–H and O–H groups in total. The lowest BCUT2D eigenvalue weighted by Crippen LogP contribution is -2.16. The van der Waals surface area contributed by atoms with Crippen LogP contribution in [0.1, 0.15) is 101 Å². The molecule has 0 heterocycles. The maximum Gasteiger partial charge on any atom is 0.0331 e. The molecule has 0 nitrogen and oxygen atoms in total. The fourth-order valence-corrected chi connectivity index (χ4v) is 6.48. The molecule has 2 aromatic carbocycles. The minimum Gasteiger partial charge on any atom is -0.145 e. The van der Waals surface area contributed by atoms with Gasteiger partial charge in [0, 0.05) is 10.5 Å². The third-order valence-corrected chi connectivity index (χ3v) is 8.21. The van der Waals surface area contributed by atoms with Gasteiger partial charge in [0.2, 0.25) is 0 Å². The highest BCUT2D eigenvalue weighted by Crippen LogP contribution is 2.51. The van der Waals surface area contributed by atoms with Gasteiger partial charge in [0.25, 0.3) is 0 Å². The van der Waals surface area contributed by atoms with E-state index in [0.717, 1.165) is 11.8 Å². The summed E-state index contributed by atoms with van der Waals surface area (Å²) < 4.78 is 0. The van der Waals surface area contributed by atoms with Crippen molar-refractivity contribution in [1.29, 1.82) is 0 Å². The summed E-state index contributed by atoms with van der Waals surface area (Å²) >= 11 is 2.26. The monoisotopic (exact) mass is 410 g/mol. The maximum absolute atomic E-state index is 2.39. The molecule has 2 rings (SSSR count). The molecule has 0 aliphatic rings. The molecule has 1 heteroatoms. The van der Waals surface area contributed by atoms with E-state index >= 15 is 0 Å². The van der Waals surface area contributed by atoms with E-state index in [1.165, 1.54) is 62.5 Å². The largest absolute Gasteiger partial charge is 0.145 e. The second-order valence-corrected chi connectivity index (χ2v) is 9.71. The topological polar surface area (TPSA) is 0 Å². The van der Waals surface area contributed by atoms with Crippen LogP contribution in [0.2, 0.25) is 0 Å². The first kappa shape index (κ1) is 24.1. The molecule has 0 aromatic heterocycles. The number of hydrogen-bond donors (Lipinski definition) is 0. The second-order valence-electron chi connectivity index (χ2n) is 8.42. The third-order valence-electron chi connectivity index (χ3n) is 6.31. The van der Waals surface area contributed by atoms with E-state index in [9.17, 15) is 0 Å². The van der Waals surface area contributed by atoms with Crippen molar-refractivity contribution in [3.63, 3.8) is 0 Å². The van der Waals surface area contributed by atoms with Gasteiger partial charge in [0.15, 0.2) is 0 Å². The van der Waals surface area contributed by atoms with Crippen LogP contribution in [-0.2, 0) is 0 Å². The normalized spacial score (nSPS) is 15.6. The van der Waals surface area contributed by atoms with E-state index in [1.54, 1.807) is 0 Å². The van der Waals surface area contributed by atoms with Gasteiger partial charge in [0.1, 0.15) is 0 Å². The molecule has 0 aliphatic carbocycles. The van der Waals surface area contributed by atoms with Crippen LogP contribution in [0.25, 0.3) is 0 Å². The Bertz CT molecular complexity index is 578. The highest BCUT2D eigenvalue weighted by atomic mass is 32.2. The minimum atomic E-state index is 0.577. The molecule has 0 saturated heterocycles. The van der Waals surface area contributed by atoms with E-state index < -0.39 is 0 Å². The van der Waals surface area contributed by atoms with E-state index in [-0.39, 0.29) is 0 Å². The van der Waals surface area contributed by atoms with Crippen LogP contribution in [0, 0.1) is 11.8 Å². The summed E-state index contributed by atoms with van der Waals surface area (Å²) in [6.07, 6.45) is 10.5. The lowest BCUT2D eigenvalue weighted by Gasteiger charge is -2.34. The molecular formula is C28H42S. The van der Waals surface area contributed by atoms with Gasteiger partial charge in [-0.3, -0.25) is 0 Å². The van der Waals surface area contributed by atoms with Gasteiger partial charge in [-0.05, 0) is 35.8 Å². The first-order valence-corrected chi connectivity index (χ1v) is 12.9. The molecule has 0 spiro atoms. The van der Waals surface area contributed by atoms with Crippen molar-refractivity contribution < 1.29 is 0 Å². The predicted molar refractivity (Wildman–Crippen MR) is 133 cm³/mol. The average Bonchev–Trinajstić information content (AvgIpc) is 2.78. The Morgan fingerprint density at radius 1 is 0.586 bits per heavy atom. The molecule has 0 saturated carbocycles. The Labute approximate surface area is 184 Å². The number of unbranched alkanes of at least 4 members (excludes halogenated alkanes) is 2. The summed E-state index contributed by atoms with van der Waals surface area (Å²) in [5.41, 5.74) is 3.04. The van der Waals surface area contributed by atoms with Gasteiger partial charge >= 0.3 is 0 Å². The summed E-state index contributed by atoms with van der Waals surface area (Å²) in [5.74, 6) is 1.49. The van der Waals surface area contributed by atoms with Crippen molar-refractivity contribution >= 4 is 11.8 Å². The Balaban J connectivity index is 2.37. The van der Waals surface area contributed by atoms with E-state index in [0.29, 0.717) is 10.5 Å². The Morgan fingerprint density at radius 3 is 1.28 bits per heavy atom. The molecule has 0 fully saturated rings. The van der Waals surface area contributed by atoms with Gasteiger partial charge < -0.3 is 0 Å². The molecule has 0 bridgehead atoms. The van der Waals surface area contributed by atoms with Crippen molar-refractivity contribution in [3.05, 3.63) is 71.8 Å². The van der Waals surface area contributed by atoms with E-state index in [2.05, 4.69) is 100 Å². The van der Waals surface area contributed by atoms with Crippen LogP contribution in [0.3, 0.4) is 0 Å². The van der Waals surface area contributed by atoms with Gasteiger partial charge in [-0.25, -0.2) is 0 Å². The molecule has 29 heavy (non-hydrogen) atoms. The zero-order valence-corrected chi connectivity index (χ0v) is 20.0. The van der Waals surface area contributed by atoms with Crippen molar-refractivity contribution in [2.45, 2.75) is 89.6 Å². The van der Waals surface area contributed by atoms with Crippen molar-refractivity contribution in [1.82, 2.24) is 0 Å². The van der Waals surface area contributed by atoms with Crippen molar-refractivity contribution in [2.75, 3.05) is 0 Å². The van der Waals surface area contributed by atoms with Crippen molar-refractivity contribution in [3.8, 4) is 0 Å². The number of thioether (sulfide) groups is 1. The van der Waals surface area contributed by atoms with E-state index in [4.69, 9.17) is 0 Å². The molecule has 4 atom stereocenters. The SMILES string of the molecule is CCCCC(CC)C(SC(c1ccccc1)C(CC)CCCC)c1ccccc1. The summed E-state index contributed by atoms with van der Waals surface area (Å²) in [4.78, 5) is 0. The zero-order valence-electron chi connectivity index (χ0n) is 19.1. The number of rotatable bonds is 14. The lowest BCUT2D eigenvalue weighted by molar-refractivity contribution is 0.423. The fraction of sp³-hybridized carbons (Fsp3) is 0.571. The molecular weight excluding hydrogens is 368 g/mol. The second kappa shape index (κ2) is 13.9. The van der Waals surface area contributed by atoms with Crippen LogP contribution in [-0.4, -0.2) is 0 Å². The molecule has 0 amide bonds. The lowest BCUT2D eigenvalue weighted by atomic mass is 9.90. The summed E-state index contributed by atoms with van der Waals surface area (Å²) in [6, 6.07) is 22.7. The smallest absolute Gasteiger partial charge is 0.0331 e. The molecule has 0 radical (unpaired) electrons. The Hall–Kier alpha value is -1.21. The number of hydrogen-bond acceptors (Lipinski definition) is 1.